The fourth-order valence-corrected chi connectivity index (χ4v) is 4.17. The zero-order valence-corrected chi connectivity index (χ0v) is 17.8. The number of nitrogens with zero attached hydrogens (tertiary/aromatic N) is 4. The fourth-order valence-electron chi connectivity index (χ4n) is 3.85. The Kier molecular flexibility index (Phi) is 6.22. The molecule has 0 spiro atoms. The van der Waals surface area contributed by atoms with Crippen molar-refractivity contribution >= 4 is 34.2 Å². The maximum absolute atomic E-state index is 6.23. The van der Waals surface area contributed by atoms with Gasteiger partial charge in [-0.25, -0.2) is 4.98 Å². The third kappa shape index (κ3) is 4.52. The number of halogens is 2. The lowest BCUT2D eigenvalue weighted by Gasteiger charge is -2.32. The second-order valence-electron chi connectivity index (χ2n) is 7.60. The van der Waals surface area contributed by atoms with Crippen LogP contribution in [0.15, 0.2) is 42.5 Å². The van der Waals surface area contributed by atoms with Crippen LogP contribution in [0.5, 0.6) is 0 Å². The van der Waals surface area contributed by atoms with E-state index in [0.29, 0.717) is 10.0 Å². The molecule has 0 aliphatic carbocycles. The van der Waals surface area contributed by atoms with Gasteiger partial charge in [-0.05, 0) is 49.8 Å². The topological polar surface area (TPSA) is 24.3 Å². The molecule has 6 heteroatoms. The molecule has 0 bridgehead atoms. The Labute approximate surface area is 176 Å². The summed E-state index contributed by atoms with van der Waals surface area (Å²) in [7, 11) is 2.20. The Morgan fingerprint density at radius 3 is 2.54 bits per heavy atom. The number of rotatable bonds is 6. The van der Waals surface area contributed by atoms with Crippen LogP contribution in [0.3, 0.4) is 0 Å². The molecule has 4 nitrogen and oxygen atoms in total. The molecule has 3 aromatic rings. The van der Waals surface area contributed by atoms with Crippen LogP contribution in [0, 0.1) is 0 Å². The van der Waals surface area contributed by atoms with E-state index in [1.165, 1.54) is 5.52 Å². The van der Waals surface area contributed by atoms with E-state index in [0.717, 1.165) is 69.0 Å². The predicted octanol–water partition coefficient (Wildman–Crippen LogP) is 4.57. The summed E-state index contributed by atoms with van der Waals surface area (Å²) in [6.07, 6.45) is 2.09. The molecule has 1 aliphatic rings. The maximum atomic E-state index is 6.23. The molecule has 148 valence electrons. The molecule has 1 fully saturated rings. The molecule has 0 amide bonds. The molecule has 0 N–H and O–H groups in total. The minimum Gasteiger partial charge on any atom is -0.323 e. The number of hydrogen-bond acceptors (Lipinski definition) is 3. The van der Waals surface area contributed by atoms with Crippen LogP contribution in [0.1, 0.15) is 17.8 Å². The van der Waals surface area contributed by atoms with Crippen molar-refractivity contribution in [1.29, 1.82) is 0 Å². The van der Waals surface area contributed by atoms with E-state index in [2.05, 4.69) is 39.6 Å². The average molecular weight is 417 g/mol. The summed E-state index contributed by atoms with van der Waals surface area (Å²) in [6.45, 7) is 6.53. The quantitative estimate of drug-likeness (QED) is 0.587. The second-order valence-corrected chi connectivity index (χ2v) is 8.41. The molecular formula is C22H26Cl2N4. The van der Waals surface area contributed by atoms with Gasteiger partial charge >= 0.3 is 0 Å². The lowest BCUT2D eigenvalue weighted by atomic mass is 10.2. The minimum atomic E-state index is 0.591. The lowest BCUT2D eigenvalue weighted by molar-refractivity contribution is 0.152. The van der Waals surface area contributed by atoms with Gasteiger partial charge in [-0.1, -0.05) is 41.4 Å². The fraction of sp³-hybridized carbons (Fsp3) is 0.409. The summed E-state index contributed by atoms with van der Waals surface area (Å²) < 4.78 is 2.32. The number of hydrogen-bond donors (Lipinski definition) is 0. The summed E-state index contributed by atoms with van der Waals surface area (Å²) >= 11 is 12.3. The Morgan fingerprint density at radius 2 is 1.75 bits per heavy atom. The first kappa shape index (κ1) is 19.7. The minimum absolute atomic E-state index is 0.591. The molecule has 1 saturated heterocycles. The molecule has 1 aromatic heterocycles. The van der Waals surface area contributed by atoms with Crippen molar-refractivity contribution < 1.29 is 0 Å². The summed E-state index contributed by atoms with van der Waals surface area (Å²) in [5.74, 6) is 1.14. The Bertz CT molecular complexity index is 945. The van der Waals surface area contributed by atoms with Crippen molar-refractivity contribution in [2.45, 2.75) is 19.4 Å². The van der Waals surface area contributed by atoms with E-state index in [1.54, 1.807) is 0 Å². The van der Waals surface area contributed by atoms with Gasteiger partial charge in [-0.15, -0.1) is 0 Å². The van der Waals surface area contributed by atoms with Crippen LogP contribution in [0.25, 0.3) is 11.0 Å². The molecule has 1 aliphatic heterocycles. The number of piperazine rings is 1. The van der Waals surface area contributed by atoms with E-state index in [1.807, 2.05) is 24.3 Å². The first-order chi connectivity index (χ1) is 13.6. The van der Waals surface area contributed by atoms with Gasteiger partial charge in [0.15, 0.2) is 0 Å². The van der Waals surface area contributed by atoms with Gasteiger partial charge in [0.05, 0.1) is 21.1 Å². The van der Waals surface area contributed by atoms with E-state index < -0.39 is 0 Å². The van der Waals surface area contributed by atoms with Gasteiger partial charge in [-0.3, -0.25) is 0 Å². The number of imidazole rings is 1. The van der Waals surface area contributed by atoms with Crippen molar-refractivity contribution in [2.24, 2.45) is 0 Å². The van der Waals surface area contributed by atoms with E-state index in [-0.39, 0.29) is 0 Å². The Hall–Kier alpha value is -1.59. The number of para-hydroxylation sites is 2. The number of aromatic nitrogens is 2. The molecule has 0 atom stereocenters. The first-order valence-corrected chi connectivity index (χ1v) is 10.6. The number of aryl methyl sites for hydroxylation is 1. The normalized spacial score (nSPS) is 16.1. The standard InChI is InChI=1S/C22H26Cl2N4/c1-26-11-13-27(14-12-26)10-4-7-22-25-20-5-2-3-6-21(20)28(22)16-17-8-9-18(23)19(24)15-17/h2-3,5-6,8-9,15H,4,7,10-14,16H2,1H3. The van der Waals surface area contributed by atoms with Gasteiger partial charge < -0.3 is 14.4 Å². The third-order valence-electron chi connectivity index (χ3n) is 5.53. The van der Waals surface area contributed by atoms with Crippen molar-refractivity contribution in [1.82, 2.24) is 19.4 Å². The van der Waals surface area contributed by atoms with E-state index >= 15 is 0 Å². The molecule has 0 unspecified atom stereocenters. The molecule has 0 radical (unpaired) electrons. The van der Waals surface area contributed by atoms with Crippen molar-refractivity contribution in [3.63, 3.8) is 0 Å². The highest BCUT2D eigenvalue weighted by Gasteiger charge is 2.15. The summed E-state index contributed by atoms with van der Waals surface area (Å²) in [5, 5.41) is 1.19. The van der Waals surface area contributed by atoms with Gasteiger partial charge in [0.1, 0.15) is 5.82 Å². The molecule has 2 heterocycles. The van der Waals surface area contributed by atoms with Crippen molar-refractivity contribution in [3.05, 3.63) is 63.9 Å². The van der Waals surface area contributed by atoms with Crippen LogP contribution in [0.2, 0.25) is 10.0 Å². The largest absolute Gasteiger partial charge is 0.323 e. The monoisotopic (exact) mass is 416 g/mol. The third-order valence-corrected chi connectivity index (χ3v) is 6.27. The van der Waals surface area contributed by atoms with Crippen LogP contribution in [-0.2, 0) is 13.0 Å². The van der Waals surface area contributed by atoms with Gasteiger partial charge in [0.25, 0.3) is 0 Å². The SMILES string of the molecule is CN1CCN(CCCc2nc3ccccc3n2Cc2ccc(Cl)c(Cl)c2)CC1. The maximum Gasteiger partial charge on any atom is 0.110 e. The predicted molar refractivity (Wildman–Crippen MR) is 118 cm³/mol. The first-order valence-electron chi connectivity index (χ1n) is 9.89. The van der Waals surface area contributed by atoms with Gasteiger partial charge in [-0.2, -0.15) is 0 Å². The summed E-state index contributed by atoms with van der Waals surface area (Å²) in [5.41, 5.74) is 3.36. The molecule has 0 saturated carbocycles. The zero-order valence-electron chi connectivity index (χ0n) is 16.2. The van der Waals surface area contributed by atoms with Crippen LogP contribution >= 0.6 is 23.2 Å². The number of benzene rings is 2. The smallest absolute Gasteiger partial charge is 0.110 e. The van der Waals surface area contributed by atoms with Gasteiger partial charge in [0, 0.05) is 39.1 Å². The summed E-state index contributed by atoms with van der Waals surface area (Å²) in [4.78, 5) is 9.88. The van der Waals surface area contributed by atoms with Crippen LogP contribution in [0.4, 0.5) is 0 Å². The summed E-state index contributed by atoms with van der Waals surface area (Å²) in [6, 6.07) is 14.2. The average Bonchev–Trinajstić information content (AvgIpc) is 3.04. The van der Waals surface area contributed by atoms with E-state index in [4.69, 9.17) is 28.2 Å². The molecular weight excluding hydrogens is 391 g/mol. The van der Waals surface area contributed by atoms with Crippen molar-refractivity contribution in [3.8, 4) is 0 Å². The molecule has 2 aromatic carbocycles. The van der Waals surface area contributed by atoms with Crippen molar-refractivity contribution in [2.75, 3.05) is 39.8 Å². The van der Waals surface area contributed by atoms with E-state index in [9.17, 15) is 0 Å². The Morgan fingerprint density at radius 1 is 0.964 bits per heavy atom. The van der Waals surface area contributed by atoms with Crippen LogP contribution in [-0.4, -0.2) is 59.1 Å². The molecule has 28 heavy (non-hydrogen) atoms. The Balaban J connectivity index is 1.50. The van der Waals surface area contributed by atoms with Gasteiger partial charge in [0.2, 0.25) is 0 Å². The molecule has 4 rings (SSSR count). The number of likely N-dealkylation sites (N-methyl/N-ethyl adjacent to an activating group) is 1. The highest BCUT2D eigenvalue weighted by atomic mass is 35.5. The highest BCUT2D eigenvalue weighted by Crippen LogP contribution is 2.25. The zero-order chi connectivity index (χ0) is 19.5. The number of fused-ring (bicyclic) bond motifs is 1. The lowest BCUT2D eigenvalue weighted by Crippen LogP contribution is -2.44. The van der Waals surface area contributed by atoms with Crippen LogP contribution < -0.4 is 0 Å². The second kappa shape index (κ2) is 8.83. The highest BCUT2D eigenvalue weighted by molar-refractivity contribution is 6.42.